The second-order valence-corrected chi connectivity index (χ2v) is 4.59. The quantitative estimate of drug-likeness (QED) is 0.348. The molecular formula is C8H5BrINO3. The van der Waals surface area contributed by atoms with Crippen LogP contribution in [0.4, 0.5) is 5.69 Å². The molecule has 0 amide bonds. The molecule has 0 fully saturated rings. The minimum atomic E-state index is -0.501. The van der Waals surface area contributed by atoms with Crippen LogP contribution in [-0.4, -0.2) is 10.7 Å². The summed E-state index contributed by atoms with van der Waals surface area (Å²) in [6.07, 6.45) is 0. The van der Waals surface area contributed by atoms with Gasteiger partial charge in [-0.3, -0.25) is 14.9 Å². The van der Waals surface area contributed by atoms with Crippen LogP contribution in [0.15, 0.2) is 16.6 Å². The molecule has 0 saturated heterocycles. The number of halogens is 2. The first-order valence-corrected chi connectivity index (χ1v) is 5.45. The number of carbonyl (C=O) groups is 1. The zero-order valence-electron chi connectivity index (χ0n) is 7.08. The maximum Gasteiger partial charge on any atom is 0.284 e. The van der Waals surface area contributed by atoms with Gasteiger partial charge in [0.05, 0.1) is 4.92 Å². The Morgan fingerprint density at radius 2 is 2.14 bits per heavy atom. The summed E-state index contributed by atoms with van der Waals surface area (Å²) in [4.78, 5) is 21.3. The third-order valence-corrected chi connectivity index (χ3v) is 3.19. The Morgan fingerprint density at radius 3 is 2.57 bits per heavy atom. The second-order valence-electron chi connectivity index (χ2n) is 2.60. The van der Waals surface area contributed by atoms with Crippen LogP contribution in [-0.2, 0) is 0 Å². The molecule has 6 heteroatoms. The van der Waals surface area contributed by atoms with Crippen molar-refractivity contribution in [2.24, 2.45) is 0 Å². The van der Waals surface area contributed by atoms with Crippen LogP contribution in [0.3, 0.4) is 0 Å². The molecule has 0 saturated carbocycles. The first kappa shape index (κ1) is 11.6. The van der Waals surface area contributed by atoms with Crippen molar-refractivity contribution in [1.29, 1.82) is 0 Å². The van der Waals surface area contributed by atoms with Crippen LogP contribution in [0.2, 0.25) is 0 Å². The Hall–Kier alpha value is -0.500. The fourth-order valence-corrected chi connectivity index (χ4v) is 2.30. The molecule has 0 heterocycles. The number of carbonyl (C=O) groups excluding carboxylic acids is 1. The zero-order valence-corrected chi connectivity index (χ0v) is 10.8. The zero-order chi connectivity index (χ0) is 10.9. The lowest BCUT2D eigenvalue weighted by Gasteiger charge is -2.02. The van der Waals surface area contributed by atoms with Gasteiger partial charge in [0.15, 0.2) is 5.78 Å². The molecule has 0 unspecified atom stereocenters. The number of benzene rings is 1. The molecule has 0 spiro atoms. The molecule has 0 aliphatic rings. The molecule has 1 aromatic rings. The predicted octanol–water partition coefficient (Wildman–Crippen LogP) is 3.16. The Labute approximate surface area is 102 Å². The summed E-state index contributed by atoms with van der Waals surface area (Å²) >= 11 is 4.93. The third kappa shape index (κ3) is 2.30. The van der Waals surface area contributed by atoms with Crippen molar-refractivity contribution >= 4 is 50.0 Å². The highest BCUT2D eigenvalue weighted by molar-refractivity contribution is 14.1. The highest BCUT2D eigenvalue weighted by atomic mass is 127. The van der Waals surface area contributed by atoms with E-state index in [9.17, 15) is 14.9 Å². The van der Waals surface area contributed by atoms with E-state index in [2.05, 4.69) is 15.9 Å². The smallest absolute Gasteiger partial charge is 0.284 e. The van der Waals surface area contributed by atoms with E-state index in [4.69, 9.17) is 0 Å². The van der Waals surface area contributed by atoms with Gasteiger partial charge in [-0.05, 0) is 35.6 Å². The minimum Gasteiger partial charge on any atom is -0.294 e. The van der Waals surface area contributed by atoms with Crippen molar-refractivity contribution < 1.29 is 9.72 Å². The topological polar surface area (TPSA) is 60.2 Å². The number of nitro groups is 1. The summed E-state index contributed by atoms with van der Waals surface area (Å²) in [6.45, 7) is 1.38. The number of nitro benzene ring substituents is 1. The number of hydrogen-bond donors (Lipinski definition) is 0. The normalized spacial score (nSPS) is 9.93. The van der Waals surface area contributed by atoms with Gasteiger partial charge in [0.1, 0.15) is 3.57 Å². The maximum absolute atomic E-state index is 11.1. The van der Waals surface area contributed by atoms with E-state index in [-0.39, 0.29) is 11.5 Å². The van der Waals surface area contributed by atoms with Crippen molar-refractivity contribution in [3.63, 3.8) is 0 Å². The summed E-state index contributed by atoms with van der Waals surface area (Å²) < 4.78 is 0.915. The van der Waals surface area contributed by atoms with Gasteiger partial charge in [0.2, 0.25) is 0 Å². The number of ketones is 1. The second kappa shape index (κ2) is 4.35. The average molecular weight is 370 g/mol. The summed E-state index contributed by atoms with van der Waals surface area (Å²) in [7, 11) is 0. The lowest BCUT2D eigenvalue weighted by atomic mass is 10.1. The highest BCUT2D eigenvalue weighted by Gasteiger charge is 2.18. The van der Waals surface area contributed by atoms with Gasteiger partial charge >= 0.3 is 0 Å². The number of Topliss-reactive ketones (excluding diaryl/α,β-unsaturated/α-hetero) is 1. The SMILES string of the molecule is CC(=O)c1cc(Br)cc([N+](=O)[O-])c1I. The van der Waals surface area contributed by atoms with Crippen molar-refractivity contribution in [3.8, 4) is 0 Å². The van der Waals surface area contributed by atoms with E-state index in [0.717, 1.165) is 0 Å². The van der Waals surface area contributed by atoms with E-state index in [1.807, 2.05) is 0 Å². The van der Waals surface area contributed by atoms with E-state index in [1.54, 1.807) is 28.7 Å². The van der Waals surface area contributed by atoms with Crippen LogP contribution in [0.25, 0.3) is 0 Å². The summed E-state index contributed by atoms with van der Waals surface area (Å²) in [5.74, 6) is -0.182. The molecule has 0 aromatic heterocycles. The van der Waals surface area contributed by atoms with Gasteiger partial charge in [-0.15, -0.1) is 0 Å². The van der Waals surface area contributed by atoms with Crippen LogP contribution >= 0.6 is 38.5 Å². The molecule has 1 rings (SSSR count). The van der Waals surface area contributed by atoms with E-state index >= 15 is 0 Å². The molecule has 0 radical (unpaired) electrons. The number of rotatable bonds is 2. The standard InChI is InChI=1S/C8H5BrINO3/c1-4(12)6-2-5(9)3-7(8(6)10)11(13)14/h2-3H,1H3. The van der Waals surface area contributed by atoms with Crippen LogP contribution in [0, 0.1) is 13.7 Å². The largest absolute Gasteiger partial charge is 0.294 e. The summed E-state index contributed by atoms with van der Waals surface area (Å²) in [6, 6.07) is 2.96. The first-order valence-electron chi connectivity index (χ1n) is 3.58. The third-order valence-electron chi connectivity index (χ3n) is 1.59. The Kier molecular flexibility index (Phi) is 3.59. The van der Waals surface area contributed by atoms with Gasteiger partial charge in [-0.25, -0.2) is 0 Å². The molecule has 0 bridgehead atoms. The van der Waals surface area contributed by atoms with E-state index in [1.165, 1.54) is 13.0 Å². The van der Waals surface area contributed by atoms with E-state index in [0.29, 0.717) is 13.6 Å². The monoisotopic (exact) mass is 369 g/mol. The Morgan fingerprint density at radius 1 is 1.57 bits per heavy atom. The van der Waals surface area contributed by atoms with Gasteiger partial charge in [0, 0.05) is 16.1 Å². The molecule has 0 atom stereocenters. The first-order chi connectivity index (χ1) is 6.43. The minimum absolute atomic E-state index is 0.0508. The molecule has 1 aromatic carbocycles. The average Bonchev–Trinajstić information content (AvgIpc) is 2.07. The molecular weight excluding hydrogens is 365 g/mol. The number of nitrogens with zero attached hydrogens (tertiary/aromatic N) is 1. The Bertz CT molecular complexity index is 384. The predicted molar refractivity (Wildman–Crippen MR) is 63.5 cm³/mol. The molecule has 0 aliphatic carbocycles. The molecule has 0 N–H and O–H groups in total. The fraction of sp³-hybridized carbons (Fsp3) is 0.125. The van der Waals surface area contributed by atoms with Gasteiger partial charge in [-0.1, -0.05) is 15.9 Å². The summed E-state index contributed by atoms with van der Waals surface area (Å²) in [5, 5.41) is 10.6. The maximum atomic E-state index is 11.1. The summed E-state index contributed by atoms with van der Waals surface area (Å²) in [5.41, 5.74) is 0.317. The molecule has 74 valence electrons. The van der Waals surface area contributed by atoms with Crippen molar-refractivity contribution in [2.45, 2.75) is 6.92 Å². The van der Waals surface area contributed by atoms with Crippen molar-refractivity contribution in [1.82, 2.24) is 0 Å². The Balaban J connectivity index is 3.47. The highest BCUT2D eigenvalue weighted by Crippen LogP contribution is 2.29. The van der Waals surface area contributed by atoms with Gasteiger partial charge in [-0.2, -0.15) is 0 Å². The molecule has 0 aliphatic heterocycles. The lowest BCUT2D eigenvalue weighted by molar-refractivity contribution is -0.385. The van der Waals surface area contributed by atoms with E-state index < -0.39 is 4.92 Å². The van der Waals surface area contributed by atoms with Gasteiger partial charge < -0.3 is 0 Å². The number of hydrogen-bond acceptors (Lipinski definition) is 3. The van der Waals surface area contributed by atoms with Crippen LogP contribution < -0.4 is 0 Å². The van der Waals surface area contributed by atoms with Crippen molar-refractivity contribution in [3.05, 3.63) is 35.9 Å². The van der Waals surface area contributed by atoms with Crippen LogP contribution in [0.5, 0.6) is 0 Å². The fourth-order valence-electron chi connectivity index (χ4n) is 0.964. The molecule has 4 nitrogen and oxygen atoms in total. The molecule has 14 heavy (non-hydrogen) atoms. The van der Waals surface area contributed by atoms with Crippen molar-refractivity contribution in [2.75, 3.05) is 0 Å². The van der Waals surface area contributed by atoms with Crippen LogP contribution in [0.1, 0.15) is 17.3 Å². The van der Waals surface area contributed by atoms with Gasteiger partial charge in [0.25, 0.3) is 5.69 Å². The lowest BCUT2D eigenvalue weighted by Crippen LogP contribution is -2.00.